The number of anilines is 2. The molecule has 15 heavy (non-hydrogen) atoms. The van der Waals surface area contributed by atoms with E-state index in [-0.39, 0.29) is 0 Å². The van der Waals surface area contributed by atoms with Crippen molar-refractivity contribution in [2.45, 2.75) is 13.3 Å². The quantitative estimate of drug-likeness (QED) is 0.746. The fourth-order valence-corrected chi connectivity index (χ4v) is 1.74. The van der Waals surface area contributed by atoms with Crippen molar-refractivity contribution in [1.82, 2.24) is 0 Å². The average molecular weight is 200 g/mol. The molecule has 0 saturated heterocycles. The van der Waals surface area contributed by atoms with E-state index >= 15 is 0 Å². The summed E-state index contributed by atoms with van der Waals surface area (Å²) in [4.78, 5) is 0. The van der Waals surface area contributed by atoms with Crippen LogP contribution < -0.4 is 11.1 Å². The number of rotatable bonds is 3. The zero-order chi connectivity index (χ0) is 10.7. The molecule has 0 bridgehead atoms. The third-order valence-electron chi connectivity index (χ3n) is 2.51. The molecule has 0 spiro atoms. The van der Waals surface area contributed by atoms with Crippen LogP contribution in [0.4, 0.5) is 11.4 Å². The summed E-state index contributed by atoms with van der Waals surface area (Å²) in [6.07, 6.45) is 1.10. The van der Waals surface area contributed by atoms with E-state index in [0.29, 0.717) is 0 Å². The molecule has 78 valence electrons. The topological polar surface area (TPSA) is 38.0 Å². The first-order chi connectivity index (χ1) is 7.33. The summed E-state index contributed by atoms with van der Waals surface area (Å²) in [6.45, 7) is 3.10. The summed E-state index contributed by atoms with van der Waals surface area (Å²) < 4.78 is 0. The minimum absolute atomic E-state index is 0.821. The SMILES string of the molecule is CCCNc1c(N)ccc2ccccc12. The Bertz CT molecular complexity index is 463. The lowest BCUT2D eigenvalue weighted by atomic mass is 10.1. The van der Waals surface area contributed by atoms with Crippen molar-refractivity contribution in [3.05, 3.63) is 36.4 Å². The third kappa shape index (κ3) is 1.89. The van der Waals surface area contributed by atoms with Crippen LogP contribution in [0.2, 0.25) is 0 Å². The molecular formula is C13H16N2. The van der Waals surface area contributed by atoms with E-state index in [1.54, 1.807) is 0 Å². The molecule has 2 aromatic rings. The van der Waals surface area contributed by atoms with Crippen LogP contribution in [0.15, 0.2) is 36.4 Å². The van der Waals surface area contributed by atoms with Crippen molar-refractivity contribution >= 4 is 22.1 Å². The summed E-state index contributed by atoms with van der Waals surface area (Å²) in [6, 6.07) is 12.3. The summed E-state index contributed by atoms with van der Waals surface area (Å²) in [7, 11) is 0. The van der Waals surface area contributed by atoms with Gasteiger partial charge >= 0.3 is 0 Å². The number of fused-ring (bicyclic) bond motifs is 1. The van der Waals surface area contributed by atoms with E-state index in [2.05, 4.69) is 30.4 Å². The number of nitrogens with two attached hydrogens (primary N) is 1. The van der Waals surface area contributed by atoms with Gasteiger partial charge in [-0.15, -0.1) is 0 Å². The van der Waals surface area contributed by atoms with Crippen molar-refractivity contribution in [3.8, 4) is 0 Å². The maximum Gasteiger partial charge on any atom is 0.0653 e. The van der Waals surface area contributed by atoms with Gasteiger partial charge in [0.25, 0.3) is 0 Å². The molecule has 2 aromatic carbocycles. The Morgan fingerprint density at radius 3 is 2.73 bits per heavy atom. The van der Waals surface area contributed by atoms with Gasteiger partial charge in [-0.25, -0.2) is 0 Å². The van der Waals surface area contributed by atoms with E-state index in [9.17, 15) is 0 Å². The zero-order valence-electron chi connectivity index (χ0n) is 8.96. The van der Waals surface area contributed by atoms with E-state index in [0.717, 1.165) is 24.3 Å². The van der Waals surface area contributed by atoms with E-state index in [1.165, 1.54) is 10.8 Å². The molecule has 0 heterocycles. The molecule has 0 radical (unpaired) electrons. The predicted octanol–water partition coefficient (Wildman–Crippen LogP) is 3.24. The molecule has 0 unspecified atom stereocenters. The largest absolute Gasteiger partial charge is 0.397 e. The Morgan fingerprint density at radius 1 is 1.13 bits per heavy atom. The normalized spacial score (nSPS) is 10.5. The van der Waals surface area contributed by atoms with Gasteiger partial charge in [-0.1, -0.05) is 37.3 Å². The van der Waals surface area contributed by atoms with E-state index in [4.69, 9.17) is 5.73 Å². The highest BCUT2D eigenvalue weighted by Gasteiger charge is 2.03. The van der Waals surface area contributed by atoms with Crippen molar-refractivity contribution < 1.29 is 0 Å². The second-order valence-electron chi connectivity index (χ2n) is 3.68. The number of nitrogen functional groups attached to an aromatic ring is 1. The Kier molecular flexibility index (Phi) is 2.77. The molecule has 3 N–H and O–H groups in total. The van der Waals surface area contributed by atoms with Gasteiger partial charge in [0, 0.05) is 11.9 Å². The summed E-state index contributed by atoms with van der Waals surface area (Å²) in [5.74, 6) is 0. The van der Waals surface area contributed by atoms with Crippen molar-refractivity contribution in [1.29, 1.82) is 0 Å². The highest BCUT2D eigenvalue weighted by molar-refractivity contribution is 5.99. The van der Waals surface area contributed by atoms with Gasteiger partial charge in [-0.2, -0.15) is 0 Å². The Morgan fingerprint density at radius 2 is 1.93 bits per heavy atom. The third-order valence-corrected chi connectivity index (χ3v) is 2.51. The lowest BCUT2D eigenvalue weighted by Crippen LogP contribution is -2.03. The number of hydrogen-bond acceptors (Lipinski definition) is 2. The van der Waals surface area contributed by atoms with Gasteiger partial charge in [0.05, 0.1) is 11.4 Å². The van der Waals surface area contributed by atoms with Crippen LogP contribution in [-0.2, 0) is 0 Å². The van der Waals surface area contributed by atoms with Gasteiger partial charge in [0.2, 0.25) is 0 Å². The first-order valence-corrected chi connectivity index (χ1v) is 5.34. The minimum Gasteiger partial charge on any atom is -0.397 e. The maximum atomic E-state index is 5.96. The Labute approximate surface area is 90.1 Å². The number of hydrogen-bond donors (Lipinski definition) is 2. The van der Waals surface area contributed by atoms with Crippen molar-refractivity contribution in [2.75, 3.05) is 17.6 Å². The smallest absolute Gasteiger partial charge is 0.0653 e. The maximum absolute atomic E-state index is 5.96. The van der Waals surface area contributed by atoms with Crippen LogP contribution in [-0.4, -0.2) is 6.54 Å². The standard InChI is InChI=1S/C13H16N2/c1-2-9-15-13-11-6-4-3-5-10(11)7-8-12(13)14/h3-8,15H,2,9,14H2,1H3. The van der Waals surface area contributed by atoms with Crippen molar-refractivity contribution in [3.63, 3.8) is 0 Å². The summed E-state index contributed by atoms with van der Waals surface area (Å²) >= 11 is 0. The van der Waals surface area contributed by atoms with Crippen LogP contribution in [0.5, 0.6) is 0 Å². The van der Waals surface area contributed by atoms with Gasteiger partial charge in [0.15, 0.2) is 0 Å². The number of nitrogens with one attached hydrogen (secondary N) is 1. The minimum atomic E-state index is 0.821. The Balaban J connectivity index is 2.53. The predicted molar refractivity (Wildman–Crippen MR) is 67.1 cm³/mol. The molecule has 0 aliphatic rings. The first-order valence-electron chi connectivity index (χ1n) is 5.34. The van der Waals surface area contributed by atoms with Crippen LogP contribution in [0, 0.1) is 0 Å². The molecule has 2 heteroatoms. The van der Waals surface area contributed by atoms with E-state index < -0.39 is 0 Å². The Hall–Kier alpha value is -1.70. The fourth-order valence-electron chi connectivity index (χ4n) is 1.74. The zero-order valence-corrected chi connectivity index (χ0v) is 8.96. The summed E-state index contributed by atoms with van der Waals surface area (Å²) in [5, 5.41) is 5.81. The van der Waals surface area contributed by atoms with Crippen LogP contribution >= 0.6 is 0 Å². The second-order valence-corrected chi connectivity index (χ2v) is 3.68. The number of benzene rings is 2. The molecule has 2 rings (SSSR count). The molecule has 2 nitrogen and oxygen atoms in total. The van der Waals surface area contributed by atoms with E-state index in [1.807, 2.05) is 18.2 Å². The van der Waals surface area contributed by atoms with Crippen LogP contribution in [0.25, 0.3) is 10.8 Å². The monoisotopic (exact) mass is 200 g/mol. The molecular weight excluding hydrogens is 184 g/mol. The highest BCUT2D eigenvalue weighted by Crippen LogP contribution is 2.29. The lowest BCUT2D eigenvalue weighted by molar-refractivity contribution is 0.982. The van der Waals surface area contributed by atoms with Crippen LogP contribution in [0.3, 0.4) is 0 Å². The lowest BCUT2D eigenvalue weighted by Gasteiger charge is -2.11. The fraction of sp³-hybridized carbons (Fsp3) is 0.231. The molecule has 0 aliphatic carbocycles. The molecule has 0 saturated carbocycles. The van der Waals surface area contributed by atoms with Gasteiger partial charge in [-0.05, 0) is 17.9 Å². The van der Waals surface area contributed by atoms with Crippen LogP contribution in [0.1, 0.15) is 13.3 Å². The molecule has 0 fully saturated rings. The average Bonchev–Trinajstić information content (AvgIpc) is 2.28. The molecule has 0 aromatic heterocycles. The molecule has 0 amide bonds. The second kappa shape index (κ2) is 4.22. The summed E-state index contributed by atoms with van der Waals surface area (Å²) in [5.41, 5.74) is 7.85. The van der Waals surface area contributed by atoms with Gasteiger partial charge in [0.1, 0.15) is 0 Å². The molecule has 0 aliphatic heterocycles. The highest BCUT2D eigenvalue weighted by atomic mass is 14.9. The van der Waals surface area contributed by atoms with Crippen molar-refractivity contribution in [2.24, 2.45) is 0 Å². The molecule has 0 atom stereocenters. The first kappa shape index (κ1) is 9.84. The van der Waals surface area contributed by atoms with Gasteiger partial charge < -0.3 is 11.1 Å². The van der Waals surface area contributed by atoms with Gasteiger partial charge in [-0.3, -0.25) is 0 Å².